The molecule has 0 spiro atoms. The van der Waals surface area contributed by atoms with Crippen molar-refractivity contribution in [3.05, 3.63) is 78.0 Å². The van der Waals surface area contributed by atoms with Crippen LogP contribution in [-0.2, 0) is 21.9 Å². The van der Waals surface area contributed by atoms with E-state index in [2.05, 4.69) is 11.5 Å². The van der Waals surface area contributed by atoms with E-state index in [4.69, 9.17) is 10.7 Å². The van der Waals surface area contributed by atoms with Crippen molar-refractivity contribution in [3.63, 3.8) is 0 Å². The van der Waals surface area contributed by atoms with Crippen LogP contribution in [0.15, 0.2) is 70.7 Å². The standard InChI is InChI=1S/C24H27FN4O2S/c1-16-5-11-20(12-6-16)32(30,31)22-21(18-7-9-19(25)10-8-18)27-23-24(3,4)29(17(2)15-26)14-13-28(22)23/h5-12H,2,13-15,26H2,1,3-4H3. The lowest BCUT2D eigenvalue weighted by Gasteiger charge is -2.44. The second kappa shape index (κ2) is 7.86. The molecule has 0 aliphatic carbocycles. The summed E-state index contributed by atoms with van der Waals surface area (Å²) in [5, 5.41) is 0.119. The van der Waals surface area contributed by atoms with E-state index in [-0.39, 0.29) is 9.92 Å². The highest BCUT2D eigenvalue weighted by Crippen LogP contribution is 2.40. The maximum Gasteiger partial charge on any atom is 0.224 e. The van der Waals surface area contributed by atoms with E-state index in [0.717, 1.165) is 11.3 Å². The van der Waals surface area contributed by atoms with Gasteiger partial charge in [-0.3, -0.25) is 0 Å². The van der Waals surface area contributed by atoms with Crippen molar-refractivity contribution in [3.8, 4) is 11.3 Å². The monoisotopic (exact) mass is 454 g/mol. The topological polar surface area (TPSA) is 81.2 Å². The fourth-order valence-corrected chi connectivity index (χ4v) is 5.88. The van der Waals surface area contributed by atoms with Crippen molar-refractivity contribution in [1.82, 2.24) is 14.5 Å². The van der Waals surface area contributed by atoms with Gasteiger partial charge in [0.2, 0.25) is 9.84 Å². The molecule has 1 aromatic heterocycles. The molecule has 1 aliphatic heterocycles. The van der Waals surface area contributed by atoms with E-state index in [9.17, 15) is 12.8 Å². The van der Waals surface area contributed by atoms with Gasteiger partial charge < -0.3 is 15.2 Å². The maximum atomic E-state index is 13.8. The molecule has 0 saturated heterocycles. The number of nitrogens with zero attached hydrogens (tertiary/aromatic N) is 3. The molecule has 32 heavy (non-hydrogen) atoms. The van der Waals surface area contributed by atoms with Crippen LogP contribution in [0.5, 0.6) is 0 Å². The van der Waals surface area contributed by atoms with Crippen molar-refractivity contribution in [2.24, 2.45) is 5.73 Å². The number of fused-ring (bicyclic) bond motifs is 1. The molecule has 0 amide bonds. The number of imidazole rings is 1. The molecule has 6 nitrogen and oxygen atoms in total. The zero-order valence-corrected chi connectivity index (χ0v) is 19.3. The van der Waals surface area contributed by atoms with Crippen LogP contribution in [0.4, 0.5) is 4.39 Å². The van der Waals surface area contributed by atoms with E-state index in [1.54, 1.807) is 41.0 Å². The average molecular weight is 455 g/mol. The van der Waals surface area contributed by atoms with Crippen molar-refractivity contribution >= 4 is 9.84 Å². The van der Waals surface area contributed by atoms with Crippen LogP contribution in [0.25, 0.3) is 11.3 Å². The zero-order chi connectivity index (χ0) is 23.3. The Hall–Kier alpha value is -2.97. The quantitative estimate of drug-likeness (QED) is 0.633. The second-order valence-electron chi connectivity index (χ2n) is 8.55. The summed E-state index contributed by atoms with van der Waals surface area (Å²) in [5.74, 6) is 0.203. The highest BCUT2D eigenvalue weighted by Gasteiger charge is 2.42. The molecule has 8 heteroatoms. The first kappa shape index (κ1) is 22.2. The van der Waals surface area contributed by atoms with Gasteiger partial charge in [-0.1, -0.05) is 24.3 Å². The first-order valence-electron chi connectivity index (χ1n) is 10.4. The van der Waals surface area contributed by atoms with Crippen LogP contribution in [0.2, 0.25) is 0 Å². The second-order valence-corrected chi connectivity index (χ2v) is 10.4. The predicted molar refractivity (Wildman–Crippen MR) is 122 cm³/mol. The first-order valence-corrected chi connectivity index (χ1v) is 11.9. The summed E-state index contributed by atoms with van der Waals surface area (Å²) in [4.78, 5) is 7.07. The van der Waals surface area contributed by atoms with Crippen molar-refractivity contribution in [2.45, 2.75) is 42.8 Å². The summed E-state index contributed by atoms with van der Waals surface area (Å²) in [6.45, 7) is 11.2. The molecule has 2 heterocycles. The van der Waals surface area contributed by atoms with Gasteiger partial charge >= 0.3 is 0 Å². The molecule has 2 aromatic carbocycles. The number of halogens is 1. The van der Waals surface area contributed by atoms with Crippen molar-refractivity contribution in [1.29, 1.82) is 0 Å². The summed E-state index contributed by atoms with van der Waals surface area (Å²) in [6.07, 6.45) is 0. The Bertz CT molecular complexity index is 1280. The Morgan fingerprint density at radius 2 is 1.75 bits per heavy atom. The Balaban J connectivity index is 1.99. The third-order valence-corrected chi connectivity index (χ3v) is 7.83. The van der Waals surface area contributed by atoms with Crippen molar-refractivity contribution < 1.29 is 12.8 Å². The summed E-state index contributed by atoms with van der Waals surface area (Å²) in [5.41, 5.74) is 7.79. The van der Waals surface area contributed by atoms with Crippen LogP contribution < -0.4 is 5.73 Å². The van der Waals surface area contributed by atoms with Crippen LogP contribution >= 0.6 is 0 Å². The van der Waals surface area contributed by atoms with Gasteiger partial charge in [-0.2, -0.15) is 0 Å². The van der Waals surface area contributed by atoms with Crippen LogP contribution in [0.1, 0.15) is 25.2 Å². The molecule has 0 radical (unpaired) electrons. The Morgan fingerprint density at radius 1 is 1.12 bits per heavy atom. The molecule has 0 fully saturated rings. The van der Waals surface area contributed by atoms with Gasteiger partial charge in [-0.05, 0) is 57.2 Å². The first-order chi connectivity index (χ1) is 15.1. The summed E-state index contributed by atoms with van der Waals surface area (Å²) < 4.78 is 43.0. The minimum atomic E-state index is -3.90. The Morgan fingerprint density at radius 3 is 2.34 bits per heavy atom. The molecule has 0 bridgehead atoms. The molecule has 4 rings (SSSR count). The maximum absolute atomic E-state index is 13.8. The van der Waals surface area contributed by atoms with Gasteiger partial charge in [0.25, 0.3) is 0 Å². The smallest absolute Gasteiger partial charge is 0.224 e. The van der Waals surface area contributed by atoms with Gasteiger partial charge in [0.05, 0.1) is 10.4 Å². The molecule has 2 N–H and O–H groups in total. The fourth-order valence-electron chi connectivity index (χ4n) is 4.27. The Labute approximate surface area is 188 Å². The Kier molecular flexibility index (Phi) is 5.46. The van der Waals surface area contributed by atoms with Crippen molar-refractivity contribution in [2.75, 3.05) is 13.1 Å². The average Bonchev–Trinajstić information content (AvgIpc) is 3.16. The summed E-state index contributed by atoms with van der Waals surface area (Å²) in [6, 6.07) is 12.5. The number of rotatable bonds is 5. The molecule has 0 atom stereocenters. The molecule has 0 unspecified atom stereocenters. The van der Waals surface area contributed by atoms with Crippen LogP contribution in [-0.4, -0.2) is 36.0 Å². The molecular weight excluding hydrogens is 427 g/mol. The summed E-state index contributed by atoms with van der Waals surface area (Å²) in [7, 11) is -3.90. The van der Waals surface area contributed by atoms with E-state index in [1.165, 1.54) is 12.1 Å². The SMILES string of the molecule is C=C(CN)N1CCn2c(nc(-c3ccc(F)cc3)c2S(=O)(=O)c2ccc(C)cc2)C1(C)C. The summed E-state index contributed by atoms with van der Waals surface area (Å²) >= 11 is 0. The van der Waals surface area contributed by atoms with E-state index < -0.39 is 21.2 Å². The molecule has 168 valence electrons. The lowest BCUT2D eigenvalue weighted by molar-refractivity contribution is 0.114. The van der Waals surface area contributed by atoms with E-state index in [0.29, 0.717) is 36.7 Å². The lowest BCUT2D eigenvalue weighted by atomic mass is 9.98. The number of aromatic nitrogens is 2. The van der Waals surface area contributed by atoms with Crippen LogP contribution in [0.3, 0.4) is 0 Å². The number of aryl methyl sites for hydroxylation is 1. The third kappa shape index (κ3) is 3.53. The van der Waals surface area contributed by atoms with Crippen LogP contribution in [0, 0.1) is 12.7 Å². The van der Waals surface area contributed by atoms with Gasteiger partial charge in [0, 0.05) is 30.9 Å². The zero-order valence-electron chi connectivity index (χ0n) is 18.5. The number of hydrogen-bond donors (Lipinski definition) is 1. The molecular formula is C24H27FN4O2S. The van der Waals surface area contributed by atoms with E-state index >= 15 is 0 Å². The van der Waals surface area contributed by atoms with Gasteiger partial charge in [0.15, 0.2) is 5.03 Å². The fraction of sp³-hybridized carbons (Fsp3) is 0.292. The highest BCUT2D eigenvalue weighted by atomic mass is 32.2. The van der Waals surface area contributed by atoms with Gasteiger partial charge in [-0.15, -0.1) is 0 Å². The highest BCUT2D eigenvalue weighted by molar-refractivity contribution is 7.91. The largest absolute Gasteiger partial charge is 0.360 e. The number of sulfone groups is 1. The molecule has 1 aliphatic rings. The van der Waals surface area contributed by atoms with Gasteiger partial charge in [0.1, 0.15) is 17.3 Å². The third-order valence-electron chi connectivity index (χ3n) is 6.01. The van der Waals surface area contributed by atoms with Gasteiger partial charge in [-0.25, -0.2) is 17.8 Å². The minimum absolute atomic E-state index is 0.119. The lowest BCUT2D eigenvalue weighted by Crippen LogP contribution is -2.49. The number of nitrogens with two attached hydrogens (primary N) is 1. The number of hydrogen-bond acceptors (Lipinski definition) is 5. The molecule has 3 aromatic rings. The number of benzene rings is 2. The minimum Gasteiger partial charge on any atom is -0.360 e. The van der Waals surface area contributed by atoms with E-state index in [1.807, 2.05) is 20.8 Å². The predicted octanol–water partition coefficient (Wildman–Crippen LogP) is 3.85. The molecule has 0 saturated carbocycles. The normalized spacial score (nSPS) is 15.5.